The van der Waals surface area contributed by atoms with Crippen molar-refractivity contribution in [1.29, 1.82) is 0 Å². The maximum Gasteiger partial charge on any atom is 0.215 e. The molecule has 0 saturated carbocycles. The summed E-state index contributed by atoms with van der Waals surface area (Å²) in [4.78, 5) is 0. The standard InChI is InChI=1S/C14H22N2O4S/c15-12-4-3-6-13(10-12)20-8-9-21(17,18)16-11-14-5-1-2-7-19-14/h3-4,6,10,14,16H,1-2,5,7-9,11,15H2. The van der Waals surface area contributed by atoms with Crippen LogP contribution in [-0.4, -0.2) is 40.0 Å². The Labute approximate surface area is 125 Å². The summed E-state index contributed by atoms with van der Waals surface area (Å²) < 4.78 is 37.2. The van der Waals surface area contributed by atoms with Crippen molar-refractivity contribution in [3.05, 3.63) is 24.3 Å². The Hall–Kier alpha value is -1.31. The highest BCUT2D eigenvalue weighted by atomic mass is 32.2. The zero-order chi connectivity index (χ0) is 15.1. The van der Waals surface area contributed by atoms with E-state index in [1.807, 2.05) is 0 Å². The van der Waals surface area contributed by atoms with Gasteiger partial charge in [-0.25, -0.2) is 13.1 Å². The second-order valence-electron chi connectivity index (χ2n) is 5.08. The molecule has 1 saturated heterocycles. The SMILES string of the molecule is Nc1cccc(OCCS(=O)(=O)NCC2CCCCO2)c1. The van der Waals surface area contributed by atoms with Crippen LogP contribution in [0.4, 0.5) is 5.69 Å². The van der Waals surface area contributed by atoms with Gasteiger partial charge >= 0.3 is 0 Å². The molecule has 0 aromatic heterocycles. The van der Waals surface area contributed by atoms with E-state index in [0.717, 1.165) is 19.3 Å². The monoisotopic (exact) mass is 314 g/mol. The number of hydrogen-bond donors (Lipinski definition) is 2. The highest BCUT2D eigenvalue weighted by Crippen LogP contribution is 2.14. The van der Waals surface area contributed by atoms with Gasteiger partial charge in [0.1, 0.15) is 12.4 Å². The van der Waals surface area contributed by atoms with Gasteiger partial charge in [0.2, 0.25) is 10.0 Å². The first-order valence-electron chi connectivity index (χ1n) is 7.12. The quantitative estimate of drug-likeness (QED) is 0.736. The molecule has 0 amide bonds. The molecule has 1 aromatic rings. The minimum absolute atomic E-state index is 0.0108. The van der Waals surface area contributed by atoms with Gasteiger partial charge in [0.05, 0.1) is 11.9 Å². The number of nitrogens with two attached hydrogens (primary N) is 1. The van der Waals surface area contributed by atoms with Gasteiger partial charge in [0, 0.05) is 24.9 Å². The highest BCUT2D eigenvalue weighted by molar-refractivity contribution is 7.89. The molecule has 0 bridgehead atoms. The summed E-state index contributed by atoms with van der Waals surface area (Å²) in [5, 5.41) is 0. The molecule has 0 radical (unpaired) electrons. The lowest BCUT2D eigenvalue weighted by Gasteiger charge is -2.22. The van der Waals surface area contributed by atoms with Gasteiger partial charge in [0.15, 0.2) is 0 Å². The topological polar surface area (TPSA) is 90.7 Å². The molecule has 2 rings (SSSR count). The van der Waals surface area contributed by atoms with Crippen LogP contribution >= 0.6 is 0 Å². The van der Waals surface area contributed by atoms with Gasteiger partial charge in [0.25, 0.3) is 0 Å². The van der Waals surface area contributed by atoms with Gasteiger partial charge in [-0.1, -0.05) is 6.07 Å². The van der Waals surface area contributed by atoms with E-state index in [0.29, 0.717) is 24.6 Å². The normalized spacial score (nSPS) is 19.3. The predicted molar refractivity (Wildman–Crippen MR) is 81.7 cm³/mol. The molecule has 1 aliphatic rings. The summed E-state index contributed by atoms with van der Waals surface area (Å²) in [7, 11) is -3.35. The Kier molecular flexibility index (Phi) is 5.84. The molecule has 3 N–H and O–H groups in total. The second kappa shape index (κ2) is 7.63. The number of ether oxygens (including phenoxy) is 2. The number of nitrogen functional groups attached to an aromatic ring is 1. The van der Waals surface area contributed by atoms with Crippen LogP contribution in [0.5, 0.6) is 5.75 Å². The molecule has 21 heavy (non-hydrogen) atoms. The average Bonchev–Trinajstić information content (AvgIpc) is 2.46. The molecule has 1 aliphatic heterocycles. The first-order chi connectivity index (χ1) is 10.1. The molecule has 6 nitrogen and oxygen atoms in total. The van der Waals surface area contributed by atoms with Crippen molar-refractivity contribution in [1.82, 2.24) is 4.72 Å². The number of benzene rings is 1. The molecular weight excluding hydrogens is 292 g/mol. The van der Waals surface area contributed by atoms with Crippen molar-refractivity contribution in [2.24, 2.45) is 0 Å². The van der Waals surface area contributed by atoms with Crippen LogP contribution in [0.2, 0.25) is 0 Å². The Bertz CT molecular complexity index is 542. The Balaban J connectivity index is 1.70. The molecule has 1 unspecified atom stereocenters. The maximum atomic E-state index is 11.9. The van der Waals surface area contributed by atoms with Crippen LogP contribution < -0.4 is 15.2 Å². The molecule has 7 heteroatoms. The fraction of sp³-hybridized carbons (Fsp3) is 0.571. The van der Waals surface area contributed by atoms with Gasteiger partial charge < -0.3 is 15.2 Å². The molecule has 0 spiro atoms. The lowest BCUT2D eigenvalue weighted by Crippen LogP contribution is -2.37. The number of rotatable bonds is 7. The van der Waals surface area contributed by atoms with E-state index in [9.17, 15) is 8.42 Å². The van der Waals surface area contributed by atoms with Crippen molar-refractivity contribution in [3.63, 3.8) is 0 Å². The Morgan fingerprint density at radius 1 is 1.38 bits per heavy atom. The first kappa shape index (κ1) is 16.1. The third kappa shape index (κ3) is 5.91. The van der Waals surface area contributed by atoms with Crippen LogP contribution in [-0.2, 0) is 14.8 Å². The molecule has 1 heterocycles. The summed E-state index contributed by atoms with van der Waals surface area (Å²) >= 11 is 0. The molecule has 1 aromatic carbocycles. The Morgan fingerprint density at radius 3 is 2.95 bits per heavy atom. The minimum atomic E-state index is -3.35. The fourth-order valence-electron chi connectivity index (χ4n) is 2.13. The molecular formula is C14H22N2O4S. The van der Waals surface area contributed by atoms with Gasteiger partial charge in [-0.15, -0.1) is 0 Å². The second-order valence-corrected chi connectivity index (χ2v) is 7.00. The van der Waals surface area contributed by atoms with Crippen LogP contribution in [0, 0.1) is 0 Å². The summed E-state index contributed by atoms with van der Waals surface area (Å²) in [5.74, 6) is 0.481. The summed E-state index contributed by atoms with van der Waals surface area (Å²) in [6.07, 6.45) is 3.04. The average molecular weight is 314 g/mol. The van der Waals surface area contributed by atoms with E-state index in [1.54, 1.807) is 24.3 Å². The number of hydrogen-bond acceptors (Lipinski definition) is 5. The maximum absolute atomic E-state index is 11.9. The van der Waals surface area contributed by atoms with E-state index in [1.165, 1.54) is 0 Å². The van der Waals surface area contributed by atoms with E-state index >= 15 is 0 Å². The predicted octanol–water partition coefficient (Wildman–Crippen LogP) is 1.14. The van der Waals surface area contributed by atoms with Crippen LogP contribution in [0.3, 0.4) is 0 Å². The van der Waals surface area contributed by atoms with E-state index in [-0.39, 0.29) is 18.5 Å². The number of nitrogens with one attached hydrogen (secondary N) is 1. The number of anilines is 1. The van der Waals surface area contributed by atoms with Gasteiger partial charge in [-0.05, 0) is 31.4 Å². The van der Waals surface area contributed by atoms with Crippen molar-refractivity contribution >= 4 is 15.7 Å². The van der Waals surface area contributed by atoms with Crippen molar-refractivity contribution in [2.45, 2.75) is 25.4 Å². The third-order valence-corrected chi connectivity index (χ3v) is 4.59. The molecule has 1 fully saturated rings. The van der Waals surface area contributed by atoms with Crippen molar-refractivity contribution < 1.29 is 17.9 Å². The van der Waals surface area contributed by atoms with Crippen LogP contribution in [0.1, 0.15) is 19.3 Å². The lowest BCUT2D eigenvalue weighted by molar-refractivity contribution is 0.0200. The van der Waals surface area contributed by atoms with Crippen molar-refractivity contribution in [3.8, 4) is 5.75 Å². The highest BCUT2D eigenvalue weighted by Gasteiger charge is 2.17. The number of sulfonamides is 1. The van der Waals surface area contributed by atoms with Gasteiger partial charge in [-0.2, -0.15) is 0 Å². The molecule has 0 aliphatic carbocycles. The zero-order valence-corrected chi connectivity index (χ0v) is 12.8. The minimum Gasteiger partial charge on any atom is -0.492 e. The van der Waals surface area contributed by atoms with Crippen molar-refractivity contribution in [2.75, 3.05) is 31.2 Å². The third-order valence-electron chi connectivity index (χ3n) is 3.28. The summed E-state index contributed by atoms with van der Waals surface area (Å²) in [6.45, 7) is 1.13. The van der Waals surface area contributed by atoms with E-state index < -0.39 is 10.0 Å². The summed E-state index contributed by atoms with van der Waals surface area (Å²) in [5.41, 5.74) is 6.21. The van der Waals surface area contributed by atoms with Crippen LogP contribution in [0.15, 0.2) is 24.3 Å². The fourth-order valence-corrected chi connectivity index (χ4v) is 3.02. The molecule has 118 valence electrons. The summed E-state index contributed by atoms with van der Waals surface area (Å²) in [6, 6.07) is 6.91. The smallest absolute Gasteiger partial charge is 0.215 e. The van der Waals surface area contributed by atoms with Crippen LogP contribution in [0.25, 0.3) is 0 Å². The zero-order valence-electron chi connectivity index (χ0n) is 12.0. The van der Waals surface area contributed by atoms with E-state index in [4.69, 9.17) is 15.2 Å². The largest absolute Gasteiger partial charge is 0.492 e. The van der Waals surface area contributed by atoms with E-state index in [2.05, 4.69) is 4.72 Å². The molecule has 1 atom stereocenters. The lowest BCUT2D eigenvalue weighted by atomic mass is 10.1. The van der Waals surface area contributed by atoms with Gasteiger partial charge in [-0.3, -0.25) is 0 Å². The first-order valence-corrected chi connectivity index (χ1v) is 8.78. The Morgan fingerprint density at radius 2 is 2.24 bits per heavy atom.